The van der Waals surface area contributed by atoms with Crippen LogP contribution in [0.1, 0.15) is 64.2 Å². The predicted octanol–water partition coefficient (Wildman–Crippen LogP) is 2.63. The third kappa shape index (κ3) is 4.59. The number of likely N-dealkylation sites (N-methyl/N-ethyl adjacent to an activating group) is 1. The van der Waals surface area contributed by atoms with Gasteiger partial charge in [0.1, 0.15) is 6.54 Å². The molecule has 0 amide bonds. The Kier molecular flexibility index (Phi) is 6.99. The lowest BCUT2D eigenvalue weighted by molar-refractivity contribution is -0.833. The van der Waals surface area contributed by atoms with Crippen LogP contribution in [0.3, 0.4) is 0 Å². The van der Waals surface area contributed by atoms with Gasteiger partial charge < -0.3 is 12.4 Å². The topological polar surface area (TPSA) is 0 Å². The van der Waals surface area contributed by atoms with E-state index in [4.69, 9.17) is 0 Å². The Bertz CT molecular complexity index is 386. The van der Waals surface area contributed by atoms with Gasteiger partial charge in [-0.15, -0.1) is 0 Å². The minimum atomic E-state index is 0. The van der Waals surface area contributed by atoms with Crippen LogP contribution in [-0.4, -0.2) is 36.4 Å². The summed E-state index contributed by atoms with van der Waals surface area (Å²) in [5, 5.41) is 1.77. The zero-order valence-corrected chi connectivity index (χ0v) is 16.1. The van der Waals surface area contributed by atoms with E-state index in [1.165, 1.54) is 70.8 Å². The number of quaternary nitrogens is 1. The van der Waals surface area contributed by atoms with E-state index in [2.05, 4.69) is 32.4 Å². The van der Waals surface area contributed by atoms with Crippen molar-refractivity contribution in [1.29, 1.82) is 0 Å². The second-order valence-electron chi connectivity index (χ2n) is 7.90. The van der Waals surface area contributed by atoms with Crippen LogP contribution >= 0.6 is 7.92 Å². The van der Waals surface area contributed by atoms with Crippen LogP contribution < -0.4 is 12.4 Å². The number of rotatable bonds is 3. The summed E-state index contributed by atoms with van der Waals surface area (Å²) in [7, 11) is 4.73. The molecule has 0 radical (unpaired) electrons. The van der Waals surface area contributed by atoms with Crippen molar-refractivity contribution in [3.8, 4) is 0 Å². The van der Waals surface area contributed by atoms with E-state index in [1.54, 1.807) is 5.31 Å². The van der Waals surface area contributed by atoms with Crippen molar-refractivity contribution < 1.29 is 16.9 Å². The van der Waals surface area contributed by atoms with Crippen molar-refractivity contribution in [1.82, 2.24) is 0 Å². The fourth-order valence-electron chi connectivity index (χ4n) is 4.37. The summed E-state index contributed by atoms with van der Waals surface area (Å²) < 4.78 is 1.03. The van der Waals surface area contributed by atoms with Crippen molar-refractivity contribution in [2.45, 2.75) is 75.5 Å². The van der Waals surface area contributed by atoms with Crippen LogP contribution in [-0.2, 0) is 0 Å². The normalized spacial score (nSPS) is 26.6. The highest BCUT2D eigenvalue weighted by atomic mass is 35.5. The molecule has 1 aliphatic heterocycles. The molecule has 0 spiro atoms. The predicted molar refractivity (Wildman–Crippen MR) is 94.9 cm³/mol. The molecule has 0 bridgehead atoms. The Labute approximate surface area is 145 Å². The van der Waals surface area contributed by atoms with Crippen LogP contribution in [0.4, 0.5) is 0 Å². The minimum Gasteiger partial charge on any atom is -1.00 e. The van der Waals surface area contributed by atoms with Crippen LogP contribution in [0, 0.1) is 0 Å². The molecule has 3 rings (SSSR count). The molecule has 0 saturated heterocycles. The Morgan fingerprint density at radius 2 is 1.36 bits per heavy atom. The Morgan fingerprint density at radius 1 is 0.864 bits per heavy atom. The Balaban J connectivity index is 0.00000176. The first-order valence-corrected chi connectivity index (χ1v) is 10.6. The summed E-state index contributed by atoms with van der Waals surface area (Å²) >= 11 is 0. The largest absolute Gasteiger partial charge is 1.00 e. The number of allylic oxidation sites excluding steroid dienone is 2. The van der Waals surface area contributed by atoms with Gasteiger partial charge >= 0.3 is 0 Å². The molecule has 0 aromatic rings. The van der Waals surface area contributed by atoms with E-state index < -0.39 is 0 Å². The van der Waals surface area contributed by atoms with Crippen molar-refractivity contribution in [3.63, 3.8) is 0 Å². The highest BCUT2D eigenvalue weighted by molar-refractivity contribution is 7.63. The van der Waals surface area contributed by atoms with Gasteiger partial charge in [-0.3, -0.25) is 4.48 Å². The summed E-state index contributed by atoms with van der Waals surface area (Å²) in [6.45, 7) is 1.20. The highest BCUT2D eigenvalue weighted by Gasteiger charge is 2.34. The van der Waals surface area contributed by atoms with E-state index in [9.17, 15) is 0 Å². The zero-order valence-electron chi connectivity index (χ0n) is 14.4. The van der Waals surface area contributed by atoms with E-state index in [0.29, 0.717) is 0 Å². The molecule has 2 saturated carbocycles. The molecule has 0 atom stereocenters. The maximum atomic E-state index is 2.61. The monoisotopic (exact) mass is 341 g/mol. The van der Waals surface area contributed by atoms with Gasteiger partial charge in [0, 0.05) is 0 Å². The van der Waals surface area contributed by atoms with Gasteiger partial charge in [0.05, 0.1) is 20.3 Å². The number of hydrogen-bond donors (Lipinski definition) is 0. The standard InChI is InChI=1S/C19H33NP.ClH/c1-20(2)15-13-19(14-16-20)21(17-9-5-3-6-10-17)18-11-7-4-8-12-18;/h13-15,17-18H,3-12,16H2,1-2H3;1H/q+1;/p-1. The number of nitrogens with zero attached hydrogens (tertiary/aromatic N) is 1. The molecule has 1 heterocycles. The fraction of sp³-hybridized carbons (Fsp3) is 0.789. The van der Waals surface area contributed by atoms with Crippen LogP contribution in [0.5, 0.6) is 0 Å². The third-order valence-corrected chi connectivity index (χ3v) is 9.19. The SMILES string of the molecule is C[N+]1(C)C=CC(P(C2CCCCC2)C2CCCCC2)=CC1.[Cl-]. The second kappa shape index (κ2) is 8.32. The lowest BCUT2D eigenvalue weighted by Crippen LogP contribution is -3.00. The fourth-order valence-corrected chi connectivity index (χ4v) is 8.18. The zero-order chi connectivity index (χ0) is 14.7. The first-order chi connectivity index (χ1) is 10.2. The van der Waals surface area contributed by atoms with Gasteiger partial charge in [-0.1, -0.05) is 46.4 Å². The van der Waals surface area contributed by atoms with Crippen LogP contribution in [0.15, 0.2) is 23.7 Å². The first kappa shape index (κ1) is 18.5. The molecule has 2 aliphatic carbocycles. The summed E-state index contributed by atoms with van der Waals surface area (Å²) in [5.74, 6) is 0. The second-order valence-corrected chi connectivity index (χ2v) is 10.7. The van der Waals surface area contributed by atoms with E-state index in [0.717, 1.165) is 15.8 Å². The molecule has 2 fully saturated rings. The molecule has 0 aromatic heterocycles. The molecule has 22 heavy (non-hydrogen) atoms. The molecule has 0 N–H and O–H groups in total. The van der Waals surface area contributed by atoms with Gasteiger partial charge in [-0.2, -0.15) is 0 Å². The third-order valence-electron chi connectivity index (χ3n) is 5.65. The Morgan fingerprint density at radius 3 is 1.77 bits per heavy atom. The molecular formula is C19H33ClNP. The smallest absolute Gasteiger partial charge is 0.102 e. The van der Waals surface area contributed by atoms with Gasteiger partial charge in [-0.05, 0) is 54.5 Å². The molecule has 3 heteroatoms. The quantitative estimate of drug-likeness (QED) is 0.547. The number of hydrogen-bond acceptors (Lipinski definition) is 0. The van der Waals surface area contributed by atoms with Gasteiger partial charge in [-0.25, -0.2) is 0 Å². The van der Waals surface area contributed by atoms with Gasteiger partial charge in [0.2, 0.25) is 0 Å². The van der Waals surface area contributed by atoms with Crippen LogP contribution in [0.25, 0.3) is 0 Å². The molecule has 0 aromatic carbocycles. The van der Waals surface area contributed by atoms with E-state index >= 15 is 0 Å². The summed E-state index contributed by atoms with van der Waals surface area (Å²) in [6.07, 6.45) is 22.6. The van der Waals surface area contributed by atoms with E-state index in [-0.39, 0.29) is 20.3 Å². The molecular weight excluding hydrogens is 309 g/mol. The summed E-state index contributed by atoms with van der Waals surface area (Å²) in [5.41, 5.74) is 2.09. The van der Waals surface area contributed by atoms with Gasteiger partial charge in [0.25, 0.3) is 0 Å². The molecule has 0 unspecified atom stereocenters. The lowest BCUT2D eigenvalue weighted by atomic mass is 9.99. The maximum Gasteiger partial charge on any atom is 0.102 e. The maximum absolute atomic E-state index is 2.61. The molecule has 1 nitrogen and oxygen atoms in total. The molecule has 126 valence electrons. The average molecular weight is 342 g/mol. The van der Waals surface area contributed by atoms with Crippen molar-refractivity contribution >= 4 is 7.92 Å². The number of halogens is 1. The van der Waals surface area contributed by atoms with Crippen molar-refractivity contribution in [3.05, 3.63) is 23.7 Å². The summed E-state index contributed by atoms with van der Waals surface area (Å²) in [4.78, 5) is 0. The Hall–Kier alpha value is 0.160. The first-order valence-electron chi connectivity index (χ1n) is 9.16. The minimum absolute atomic E-state index is 0. The lowest BCUT2D eigenvalue weighted by Gasteiger charge is -2.40. The van der Waals surface area contributed by atoms with Crippen LogP contribution in [0.2, 0.25) is 0 Å². The van der Waals surface area contributed by atoms with E-state index in [1.807, 2.05) is 0 Å². The average Bonchev–Trinajstić information content (AvgIpc) is 2.51. The van der Waals surface area contributed by atoms with Crippen molar-refractivity contribution in [2.75, 3.05) is 20.6 Å². The van der Waals surface area contributed by atoms with Gasteiger partial charge in [0.15, 0.2) is 0 Å². The van der Waals surface area contributed by atoms with Crippen molar-refractivity contribution in [2.24, 2.45) is 0 Å². The summed E-state index contributed by atoms with van der Waals surface area (Å²) in [6, 6.07) is 0. The highest BCUT2D eigenvalue weighted by Crippen LogP contribution is 2.61. The molecule has 3 aliphatic rings.